The SMILES string of the molecule is COC(=O)[C@H](CCC([NH3+])=O)NC(C)=O. The number of rotatable bonds is 5. The predicted octanol–water partition coefficient (Wildman–Crippen LogP) is -1.79. The molecule has 0 aromatic heterocycles. The van der Waals surface area contributed by atoms with Gasteiger partial charge in [0.15, 0.2) is 0 Å². The van der Waals surface area contributed by atoms with Crippen LogP contribution in [-0.2, 0) is 19.1 Å². The molecular weight excluding hydrogens is 188 g/mol. The highest BCUT2D eigenvalue weighted by molar-refractivity contribution is 5.83. The maximum Gasteiger partial charge on any atom is 0.328 e. The van der Waals surface area contributed by atoms with Crippen molar-refractivity contribution in [2.45, 2.75) is 25.8 Å². The number of amides is 2. The van der Waals surface area contributed by atoms with Gasteiger partial charge in [0.1, 0.15) is 6.04 Å². The van der Waals surface area contributed by atoms with E-state index in [9.17, 15) is 14.4 Å². The van der Waals surface area contributed by atoms with E-state index in [0.29, 0.717) is 0 Å². The summed E-state index contributed by atoms with van der Waals surface area (Å²) < 4.78 is 4.46. The Balaban J connectivity index is 4.17. The fourth-order valence-corrected chi connectivity index (χ4v) is 0.942. The van der Waals surface area contributed by atoms with Crippen molar-refractivity contribution < 1.29 is 24.9 Å². The van der Waals surface area contributed by atoms with Gasteiger partial charge in [-0.3, -0.25) is 10.5 Å². The standard InChI is InChI=1S/C8H14N2O4/c1-5(11)10-6(8(13)14-2)3-4-7(9)12/h6H,3-4H2,1-2H3,(H2,9,12)(H,10,11)/p+1/t6-/m0/s1. The maximum absolute atomic E-state index is 11.1. The molecule has 0 bridgehead atoms. The van der Waals surface area contributed by atoms with Crippen LogP contribution in [0.15, 0.2) is 0 Å². The Bertz CT molecular complexity index is 239. The lowest BCUT2D eigenvalue weighted by Gasteiger charge is -2.13. The normalized spacial score (nSPS) is 11.6. The first-order chi connectivity index (χ1) is 6.47. The molecule has 80 valence electrons. The molecule has 0 saturated carbocycles. The average Bonchev–Trinajstić information content (AvgIpc) is 2.10. The highest BCUT2D eigenvalue weighted by Gasteiger charge is 2.20. The van der Waals surface area contributed by atoms with Crippen LogP contribution in [0.25, 0.3) is 0 Å². The molecule has 0 spiro atoms. The monoisotopic (exact) mass is 203 g/mol. The lowest BCUT2D eigenvalue weighted by Crippen LogP contribution is -2.57. The zero-order chi connectivity index (χ0) is 11.1. The lowest BCUT2D eigenvalue weighted by atomic mass is 10.1. The number of esters is 1. The Morgan fingerprint density at radius 1 is 1.43 bits per heavy atom. The molecule has 14 heavy (non-hydrogen) atoms. The van der Waals surface area contributed by atoms with Crippen LogP contribution in [0.5, 0.6) is 0 Å². The minimum Gasteiger partial charge on any atom is -0.467 e. The van der Waals surface area contributed by atoms with Crippen LogP contribution in [0.3, 0.4) is 0 Å². The van der Waals surface area contributed by atoms with Crippen molar-refractivity contribution in [3.05, 3.63) is 0 Å². The molecule has 6 nitrogen and oxygen atoms in total. The van der Waals surface area contributed by atoms with Gasteiger partial charge in [0.25, 0.3) is 0 Å². The number of hydrogen-bond acceptors (Lipinski definition) is 4. The summed E-state index contributed by atoms with van der Waals surface area (Å²) in [5, 5.41) is 2.39. The van der Waals surface area contributed by atoms with Crippen LogP contribution in [-0.4, -0.2) is 30.9 Å². The van der Waals surface area contributed by atoms with E-state index in [4.69, 9.17) is 0 Å². The molecule has 2 amide bonds. The fourth-order valence-electron chi connectivity index (χ4n) is 0.942. The number of quaternary nitrogens is 1. The van der Waals surface area contributed by atoms with Gasteiger partial charge in [0.05, 0.1) is 13.5 Å². The minimum absolute atomic E-state index is 0.139. The third-order valence-corrected chi connectivity index (χ3v) is 1.58. The van der Waals surface area contributed by atoms with Gasteiger partial charge in [0.2, 0.25) is 5.91 Å². The Labute approximate surface area is 81.8 Å². The summed E-state index contributed by atoms with van der Waals surface area (Å²) in [6, 6.07) is -0.761. The quantitative estimate of drug-likeness (QED) is 0.515. The van der Waals surface area contributed by atoms with Crippen molar-refractivity contribution in [2.24, 2.45) is 0 Å². The highest BCUT2D eigenvalue weighted by Crippen LogP contribution is 1.98. The van der Waals surface area contributed by atoms with Crippen LogP contribution in [0.2, 0.25) is 0 Å². The molecule has 0 saturated heterocycles. The van der Waals surface area contributed by atoms with Gasteiger partial charge in [-0.2, -0.15) is 0 Å². The second-order valence-corrected chi connectivity index (χ2v) is 2.85. The van der Waals surface area contributed by atoms with Crippen LogP contribution >= 0.6 is 0 Å². The van der Waals surface area contributed by atoms with Crippen molar-refractivity contribution in [1.82, 2.24) is 5.32 Å². The van der Waals surface area contributed by atoms with E-state index < -0.39 is 12.0 Å². The molecule has 1 atom stereocenters. The zero-order valence-electron chi connectivity index (χ0n) is 8.33. The van der Waals surface area contributed by atoms with Gasteiger partial charge >= 0.3 is 11.9 Å². The van der Waals surface area contributed by atoms with E-state index >= 15 is 0 Å². The van der Waals surface area contributed by atoms with Crippen LogP contribution < -0.4 is 11.1 Å². The van der Waals surface area contributed by atoms with Crippen molar-refractivity contribution in [3.63, 3.8) is 0 Å². The summed E-state index contributed by atoms with van der Waals surface area (Å²) in [5.74, 6) is -1.16. The molecule has 0 unspecified atom stereocenters. The summed E-state index contributed by atoms with van der Waals surface area (Å²) >= 11 is 0. The number of methoxy groups -OCH3 is 1. The number of carbonyl (C=O) groups is 3. The highest BCUT2D eigenvalue weighted by atomic mass is 16.5. The van der Waals surface area contributed by atoms with E-state index in [1.807, 2.05) is 0 Å². The van der Waals surface area contributed by atoms with Crippen LogP contribution in [0, 0.1) is 0 Å². The molecule has 0 fully saturated rings. The molecule has 6 heteroatoms. The number of nitrogens with one attached hydrogen (secondary N) is 1. The molecule has 0 rings (SSSR count). The van der Waals surface area contributed by atoms with E-state index in [1.54, 1.807) is 0 Å². The van der Waals surface area contributed by atoms with Gasteiger partial charge in [-0.25, -0.2) is 9.59 Å². The molecular formula is C8H15N2O4+. The largest absolute Gasteiger partial charge is 0.467 e. The molecule has 0 radical (unpaired) electrons. The Hall–Kier alpha value is -1.43. The smallest absolute Gasteiger partial charge is 0.328 e. The lowest BCUT2D eigenvalue weighted by molar-refractivity contribution is -0.305. The van der Waals surface area contributed by atoms with Gasteiger partial charge in [-0.05, 0) is 6.42 Å². The molecule has 0 aliphatic heterocycles. The molecule has 4 N–H and O–H groups in total. The topological polar surface area (TPSA) is 100 Å². The summed E-state index contributed by atoms with van der Waals surface area (Å²) in [6.07, 6.45) is 0.356. The maximum atomic E-state index is 11.1. The average molecular weight is 203 g/mol. The molecule has 0 heterocycles. The number of hydrogen-bond donors (Lipinski definition) is 2. The van der Waals surface area contributed by atoms with Crippen molar-refractivity contribution >= 4 is 17.8 Å². The Morgan fingerprint density at radius 3 is 2.36 bits per heavy atom. The minimum atomic E-state index is -0.761. The molecule has 0 aliphatic rings. The predicted molar refractivity (Wildman–Crippen MR) is 46.7 cm³/mol. The Kier molecular flexibility index (Phi) is 5.47. The molecule has 0 aromatic carbocycles. The second kappa shape index (κ2) is 6.09. The first kappa shape index (κ1) is 12.6. The van der Waals surface area contributed by atoms with E-state index in [-0.39, 0.29) is 24.7 Å². The van der Waals surface area contributed by atoms with E-state index in [2.05, 4.69) is 15.8 Å². The first-order valence-corrected chi connectivity index (χ1v) is 4.17. The van der Waals surface area contributed by atoms with Gasteiger partial charge in [-0.15, -0.1) is 0 Å². The number of ether oxygens (including phenoxy) is 1. The van der Waals surface area contributed by atoms with Gasteiger partial charge in [0, 0.05) is 6.92 Å². The fraction of sp³-hybridized carbons (Fsp3) is 0.625. The van der Waals surface area contributed by atoms with Gasteiger partial charge < -0.3 is 10.1 Å². The third kappa shape index (κ3) is 5.26. The first-order valence-electron chi connectivity index (χ1n) is 4.17. The van der Waals surface area contributed by atoms with E-state index in [1.165, 1.54) is 14.0 Å². The summed E-state index contributed by atoms with van der Waals surface area (Å²) in [7, 11) is 1.23. The zero-order valence-corrected chi connectivity index (χ0v) is 8.33. The third-order valence-electron chi connectivity index (χ3n) is 1.58. The Morgan fingerprint density at radius 2 is 2.00 bits per heavy atom. The summed E-state index contributed by atoms with van der Waals surface area (Å²) in [5.41, 5.74) is 3.17. The van der Waals surface area contributed by atoms with Crippen molar-refractivity contribution in [3.8, 4) is 0 Å². The van der Waals surface area contributed by atoms with Crippen molar-refractivity contribution in [1.29, 1.82) is 0 Å². The van der Waals surface area contributed by atoms with Crippen LogP contribution in [0.4, 0.5) is 0 Å². The molecule has 0 aliphatic carbocycles. The summed E-state index contributed by atoms with van der Waals surface area (Å²) in [4.78, 5) is 32.4. The number of carbonyl (C=O) groups excluding carboxylic acids is 3. The van der Waals surface area contributed by atoms with E-state index in [0.717, 1.165) is 0 Å². The van der Waals surface area contributed by atoms with Gasteiger partial charge in [-0.1, -0.05) is 0 Å². The van der Waals surface area contributed by atoms with Crippen LogP contribution in [0.1, 0.15) is 19.8 Å². The summed E-state index contributed by atoms with van der Waals surface area (Å²) in [6.45, 7) is 1.29. The molecule has 0 aromatic rings. The van der Waals surface area contributed by atoms with Crippen molar-refractivity contribution in [2.75, 3.05) is 7.11 Å². The second-order valence-electron chi connectivity index (χ2n) is 2.85.